The van der Waals surface area contributed by atoms with E-state index in [0.29, 0.717) is 11.5 Å². The SMILES string of the molecule is CCC(CCO)CNC(C)c1ccc(C)c([N+](=O)[O-])c1. The Morgan fingerprint density at radius 1 is 1.45 bits per heavy atom. The van der Waals surface area contributed by atoms with Gasteiger partial charge in [0.15, 0.2) is 0 Å². The highest BCUT2D eigenvalue weighted by Crippen LogP contribution is 2.23. The van der Waals surface area contributed by atoms with Crippen LogP contribution in [-0.2, 0) is 0 Å². The Kier molecular flexibility index (Phi) is 6.61. The maximum Gasteiger partial charge on any atom is 0.272 e. The molecule has 0 radical (unpaired) electrons. The molecule has 5 heteroatoms. The van der Waals surface area contributed by atoms with E-state index in [4.69, 9.17) is 5.11 Å². The smallest absolute Gasteiger partial charge is 0.272 e. The minimum Gasteiger partial charge on any atom is -0.396 e. The van der Waals surface area contributed by atoms with Crippen molar-refractivity contribution in [3.8, 4) is 0 Å². The molecule has 1 aromatic carbocycles. The van der Waals surface area contributed by atoms with E-state index in [9.17, 15) is 10.1 Å². The summed E-state index contributed by atoms with van der Waals surface area (Å²) in [5.41, 5.74) is 1.76. The molecular weight excluding hydrogens is 256 g/mol. The molecule has 0 aliphatic heterocycles. The van der Waals surface area contributed by atoms with Gasteiger partial charge in [-0.2, -0.15) is 0 Å². The number of hydrogen-bond acceptors (Lipinski definition) is 4. The normalized spacial score (nSPS) is 14.0. The van der Waals surface area contributed by atoms with Crippen LogP contribution in [0, 0.1) is 23.0 Å². The second kappa shape index (κ2) is 7.97. The van der Waals surface area contributed by atoms with Gasteiger partial charge in [-0.1, -0.05) is 25.5 Å². The van der Waals surface area contributed by atoms with Gasteiger partial charge in [0.2, 0.25) is 0 Å². The number of benzene rings is 1. The molecular formula is C15H24N2O3. The number of nitro groups is 1. The summed E-state index contributed by atoms with van der Waals surface area (Å²) in [4.78, 5) is 10.6. The average molecular weight is 280 g/mol. The first-order valence-electron chi connectivity index (χ1n) is 7.08. The van der Waals surface area contributed by atoms with E-state index in [-0.39, 0.29) is 23.3 Å². The molecule has 20 heavy (non-hydrogen) atoms. The van der Waals surface area contributed by atoms with Crippen LogP contribution in [0.25, 0.3) is 0 Å². The van der Waals surface area contributed by atoms with E-state index in [1.807, 2.05) is 13.0 Å². The van der Waals surface area contributed by atoms with Crippen LogP contribution in [0.2, 0.25) is 0 Å². The highest BCUT2D eigenvalue weighted by molar-refractivity contribution is 5.43. The largest absolute Gasteiger partial charge is 0.396 e. The fraction of sp³-hybridized carbons (Fsp3) is 0.600. The second-order valence-electron chi connectivity index (χ2n) is 5.22. The van der Waals surface area contributed by atoms with Gasteiger partial charge in [0.25, 0.3) is 5.69 Å². The molecule has 0 saturated heterocycles. The molecule has 0 amide bonds. The summed E-state index contributed by atoms with van der Waals surface area (Å²) >= 11 is 0. The third kappa shape index (κ3) is 4.58. The summed E-state index contributed by atoms with van der Waals surface area (Å²) in [6.45, 7) is 6.85. The quantitative estimate of drug-likeness (QED) is 0.567. The Morgan fingerprint density at radius 3 is 2.70 bits per heavy atom. The van der Waals surface area contributed by atoms with Gasteiger partial charge < -0.3 is 10.4 Å². The molecule has 0 saturated carbocycles. The minimum absolute atomic E-state index is 0.0574. The minimum atomic E-state index is -0.341. The van der Waals surface area contributed by atoms with E-state index in [1.54, 1.807) is 19.1 Å². The van der Waals surface area contributed by atoms with E-state index in [2.05, 4.69) is 12.2 Å². The number of nitrogens with one attached hydrogen (secondary N) is 1. The molecule has 0 aliphatic rings. The van der Waals surface area contributed by atoms with Crippen molar-refractivity contribution in [1.29, 1.82) is 0 Å². The van der Waals surface area contributed by atoms with Crippen LogP contribution in [0.5, 0.6) is 0 Å². The monoisotopic (exact) mass is 280 g/mol. The summed E-state index contributed by atoms with van der Waals surface area (Å²) in [7, 11) is 0. The number of aliphatic hydroxyl groups excluding tert-OH is 1. The maximum absolute atomic E-state index is 11.0. The van der Waals surface area contributed by atoms with Crippen LogP contribution in [-0.4, -0.2) is 23.2 Å². The highest BCUT2D eigenvalue weighted by atomic mass is 16.6. The lowest BCUT2D eigenvalue weighted by Crippen LogP contribution is -2.26. The molecule has 0 aromatic heterocycles. The molecule has 0 spiro atoms. The molecule has 2 unspecified atom stereocenters. The van der Waals surface area contributed by atoms with Gasteiger partial charge in [0, 0.05) is 24.3 Å². The second-order valence-corrected chi connectivity index (χ2v) is 5.22. The van der Waals surface area contributed by atoms with Crippen molar-refractivity contribution >= 4 is 5.69 Å². The Hall–Kier alpha value is -1.46. The standard InChI is InChI=1S/C15H24N2O3/c1-4-13(7-8-18)10-16-12(3)14-6-5-11(2)15(9-14)17(19)20/h5-6,9,12-13,16,18H,4,7-8,10H2,1-3H3. The molecule has 112 valence electrons. The molecule has 5 nitrogen and oxygen atoms in total. The van der Waals surface area contributed by atoms with Crippen LogP contribution >= 0.6 is 0 Å². The number of nitro benzene ring substituents is 1. The van der Waals surface area contributed by atoms with Gasteiger partial charge in [-0.25, -0.2) is 0 Å². The first-order valence-corrected chi connectivity index (χ1v) is 7.08. The summed E-state index contributed by atoms with van der Waals surface area (Å²) in [5, 5.41) is 23.3. The molecule has 0 aliphatic carbocycles. The van der Waals surface area contributed by atoms with E-state index in [1.165, 1.54) is 0 Å². The summed E-state index contributed by atoms with van der Waals surface area (Å²) < 4.78 is 0. The Labute approximate surface area is 120 Å². The molecule has 1 rings (SSSR count). The van der Waals surface area contributed by atoms with Gasteiger partial charge in [-0.15, -0.1) is 0 Å². The molecule has 0 bridgehead atoms. The van der Waals surface area contributed by atoms with Gasteiger partial charge in [0.1, 0.15) is 0 Å². The van der Waals surface area contributed by atoms with Gasteiger partial charge in [-0.3, -0.25) is 10.1 Å². The van der Waals surface area contributed by atoms with Gasteiger partial charge in [0.05, 0.1) is 4.92 Å². The maximum atomic E-state index is 11.0. The third-order valence-electron chi connectivity index (χ3n) is 3.76. The average Bonchev–Trinajstić information content (AvgIpc) is 2.43. The van der Waals surface area contributed by atoms with Gasteiger partial charge in [-0.05, 0) is 38.3 Å². The van der Waals surface area contributed by atoms with Crippen molar-refractivity contribution in [2.24, 2.45) is 5.92 Å². The van der Waals surface area contributed by atoms with Gasteiger partial charge >= 0.3 is 0 Å². The summed E-state index contributed by atoms with van der Waals surface area (Å²) in [6.07, 6.45) is 1.79. The molecule has 2 atom stereocenters. The van der Waals surface area contributed by atoms with Crippen LogP contribution in [0.3, 0.4) is 0 Å². The van der Waals surface area contributed by atoms with Crippen LogP contribution in [0.4, 0.5) is 5.69 Å². The fourth-order valence-electron chi connectivity index (χ4n) is 2.19. The van der Waals surface area contributed by atoms with E-state index < -0.39 is 0 Å². The van der Waals surface area contributed by atoms with E-state index in [0.717, 1.165) is 24.9 Å². The molecule has 1 aromatic rings. The van der Waals surface area contributed by atoms with Crippen molar-refractivity contribution in [3.63, 3.8) is 0 Å². The fourth-order valence-corrected chi connectivity index (χ4v) is 2.19. The highest BCUT2D eigenvalue weighted by Gasteiger charge is 2.15. The Morgan fingerprint density at radius 2 is 2.15 bits per heavy atom. The Balaban J connectivity index is 2.70. The van der Waals surface area contributed by atoms with Crippen molar-refractivity contribution in [3.05, 3.63) is 39.4 Å². The predicted molar refractivity (Wildman–Crippen MR) is 79.7 cm³/mol. The van der Waals surface area contributed by atoms with Crippen molar-refractivity contribution in [1.82, 2.24) is 5.32 Å². The van der Waals surface area contributed by atoms with Crippen molar-refractivity contribution < 1.29 is 10.0 Å². The zero-order valence-electron chi connectivity index (χ0n) is 12.4. The van der Waals surface area contributed by atoms with Crippen LogP contribution in [0.15, 0.2) is 18.2 Å². The van der Waals surface area contributed by atoms with Crippen molar-refractivity contribution in [2.75, 3.05) is 13.2 Å². The number of aliphatic hydroxyl groups is 1. The molecule has 2 N–H and O–H groups in total. The molecule has 0 heterocycles. The van der Waals surface area contributed by atoms with Crippen LogP contribution in [0.1, 0.15) is 43.9 Å². The van der Waals surface area contributed by atoms with Crippen molar-refractivity contribution in [2.45, 2.75) is 39.7 Å². The first-order chi connectivity index (χ1) is 9.49. The lowest BCUT2D eigenvalue weighted by Gasteiger charge is -2.19. The predicted octanol–water partition coefficient (Wildman–Crippen LogP) is 2.96. The number of hydrogen-bond donors (Lipinski definition) is 2. The lowest BCUT2D eigenvalue weighted by atomic mass is 10.0. The zero-order chi connectivity index (χ0) is 15.1. The Bertz CT molecular complexity index is 449. The zero-order valence-corrected chi connectivity index (χ0v) is 12.4. The van der Waals surface area contributed by atoms with E-state index >= 15 is 0 Å². The number of rotatable bonds is 8. The first kappa shape index (κ1) is 16.6. The topological polar surface area (TPSA) is 75.4 Å². The lowest BCUT2D eigenvalue weighted by molar-refractivity contribution is -0.385. The molecule has 0 fully saturated rings. The third-order valence-corrected chi connectivity index (χ3v) is 3.76. The number of nitrogens with zero attached hydrogens (tertiary/aromatic N) is 1. The number of aryl methyl sites for hydroxylation is 1. The summed E-state index contributed by atoms with van der Waals surface area (Å²) in [5.74, 6) is 0.433. The summed E-state index contributed by atoms with van der Waals surface area (Å²) in [6, 6.07) is 5.41. The van der Waals surface area contributed by atoms with Crippen LogP contribution < -0.4 is 5.32 Å².